The Morgan fingerprint density at radius 2 is 1.94 bits per heavy atom. The van der Waals surface area contributed by atoms with Crippen LogP contribution in [0.1, 0.15) is 50.6 Å². The number of morpholine rings is 1. The third kappa shape index (κ3) is 3.91. The van der Waals surface area contributed by atoms with Gasteiger partial charge in [-0.15, -0.1) is 11.3 Å². The smallest absolute Gasteiger partial charge is 0.339 e. The van der Waals surface area contributed by atoms with Gasteiger partial charge in [0.2, 0.25) is 0 Å². The number of carboxylic acids is 1. The van der Waals surface area contributed by atoms with E-state index in [0.29, 0.717) is 36.9 Å². The van der Waals surface area contributed by atoms with Crippen molar-refractivity contribution in [3.05, 3.63) is 44.6 Å². The van der Waals surface area contributed by atoms with Crippen LogP contribution in [0.3, 0.4) is 0 Å². The van der Waals surface area contributed by atoms with Gasteiger partial charge < -0.3 is 19.3 Å². The lowest BCUT2D eigenvalue weighted by Gasteiger charge is -2.26. The standard InChI is InChI=1S/C23H25N3O4S/c1-14-11-16(12-17(13-24)21(27)25-7-9-30-10-8-25)15(2)26(14)22-20(23(28)29)18-5-3-4-6-19(18)31-22/h11-12H,3-10H2,1-2H3,(H,28,29). The number of carbonyl (C=O) groups excluding carboxylic acids is 1. The summed E-state index contributed by atoms with van der Waals surface area (Å²) in [5.41, 5.74) is 3.87. The van der Waals surface area contributed by atoms with Crippen LogP contribution in [0.4, 0.5) is 0 Å². The van der Waals surface area contributed by atoms with Gasteiger partial charge >= 0.3 is 5.97 Å². The number of hydrogen-bond acceptors (Lipinski definition) is 5. The van der Waals surface area contributed by atoms with E-state index in [1.54, 1.807) is 22.3 Å². The van der Waals surface area contributed by atoms with Gasteiger partial charge in [-0.25, -0.2) is 4.79 Å². The molecule has 0 saturated carbocycles. The molecule has 31 heavy (non-hydrogen) atoms. The minimum Gasteiger partial charge on any atom is -0.478 e. The monoisotopic (exact) mass is 439 g/mol. The van der Waals surface area contributed by atoms with Crippen molar-refractivity contribution in [2.45, 2.75) is 39.5 Å². The first-order valence-corrected chi connectivity index (χ1v) is 11.3. The van der Waals surface area contributed by atoms with Crippen LogP contribution in [-0.2, 0) is 22.4 Å². The molecule has 0 atom stereocenters. The molecule has 2 aromatic rings. The van der Waals surface area contributed by atoms with E-state index in [0.717, 1.165) is 53.1 Å². The second-order valence-electron chi connectivity index (χ2n) is 7.93. The SMILES string of the molecule is Cc1cc(C=C(C#N)C(=O)N2CCOCC2)c(C)n1-c1sc2c(c1C(=O)O)CCCC2. The molecule has 1 aliphatic carbocycles. The minimum absolute atomic E-state index is 0.0751. The highest BCUT2D eigenvalue weighted by molar-refractivity contribution is 7.15. The van der Waals surface area contributed by atoms with E-state index in [9.17, 15) is 20.0 Å². The van der Waals surface area contributed by atoms with Gasteiger partial charge in [0, 0.05) is 29.4 Å². The third-order valence-corrected chi connectivity index (χ3v) is 7.27. The van der Waals surface area contributed by atoms with E-state index in [1.165, 1.54) is 0 Å². The predicted octanol–water partition coefficient (Wildman–Crippen LogP) is 3.50. The Labute approximate surface area is 185 Å². The molecule has 2 aromatic heterocycles. The molecule has 2 aliphatic rings. The van der Waals surface area contributed by atoms with Gasteiger partial charge in [0.15, 0.2) is 0 Å². The number of ether oxygens (including phenoxy) is 1. The Kier molecular flexibility index (Phi) is 5.99. The summed E-state index contributed by atoms with van der Waals surface area (Å²) in [7, 11) is 0. The summed E-state index contributed by atoms with van der Waals surface area (Å²) in [6.07, 6.45) is 5.42. The van der Waals surface area contributed by atoms with E-state index in [-0.39, 0.29) is 11.5 Å². The van der Waals surface area contributed by atoms with Gasteiger partial charge in [-0.2, -0.15) is 5.26 Å². The van der Waals surface area contributed by atoms with Gasteiger partial charge in [-0.3, -0.25) is 4.79 Å². The van der Waals surface area contributed by atoms with Crippen molar-refractivity contribution in [3.63, 3.8) is 0 Å². The number of amides is 1. The summed E-state index contributed by atoms with van der Waals surface area (Å²) in [4.78, 5) is 27.7. The second-order valence-corrected chi connectivity index (χ2v) is 9.02. The molecule has 1 amide bonds. The van der Waals surface area contributed by atoms with Crippen molar-refractivity contribution in [1.29, 1.82) is 5.26 Å². The van der Waals surface area contributed by atoms with Crippen molar-refractivity contribution < 1.29 is 19.4 Å². The number of carbonyl (C=O) groups is 2. The normalized spacial score (nSPS) is 16.7. The largest absolute Gasteiger partial charge is 0.478 e. The Balaban J connectivity index is 1.76. The van der Waals surface area contributed by atoms with E-state index in [2.05, 4.69) is 0 Å². The Bertz CT molecular complexity index is 1110. The van der Waals surface area contributed by atoms with Gasteiger partial charge in [0.1, 0.15) is 16.6 Å². The molecule has 1 saturated heterocycles. The number of aromatic nitrogens is 1. The van der Waals surface area contributed by atoms with Crippen LogP contribution in [-0.4, -0.2) is 52.8 Å². The molecule has 4 rings (SSSR count). The van der Waals surface area contributed by atoms with Gasteiger partial charge in [0.05, 0.1) is 18.8 Å². The molecule has 1 N–H and O–H groups in total. The summed E-state index contributed by atoms with van der Waals surface area (Å²) in [6, 6.07) is 3.95. The zero-order valence-electron chi connectivity index (χ0n) is 17.7. The zero-order chi connectivity index (χ0) is 22.1. The third-order valence-electron chi connectivity index (χ3n) is 5.99. The van der Waals surface area contributed by atoms with Crippen LogP contribution in [0, 0.1) is 25.2 Å². The number of thiophene rings is 1. The fourth-order valence-corrected chi connectivity index (χ4v) is 5.90. The first-order valence-electron chi connectivity index (χ1n) is 10.5. The highest BCUT2D eigenvalue weighted by Gasteiger charge is 2.28. The van der Waals surface area contributed by atoms with Gasteiger partial charge in [0.25, 0.3) is 5.91 Å². The molecule has 1 fully saturated rings. The van der Waals surface area contributed by atoms with Crippen LogP contribution >= 0.6 is 11.3 Å². The molecule has 0 radical (unpaired) electrons. The number of rotatable bonds is 4. The lowest BCUT2D eigenvalue weighted by molar-refractivity contribution is -0.130. The average molecular weight is 440 g/mol. The number of aromatic carboxylic acids is 1. The molecule has 3 heterocycles. The Morgan fingerprint density at radius 1 is 1.23 bits per heavy atom. The molecule has 0 spiro atoms. The molecule has 1 aliphatic heterocycles. The quantitative estimate of drug-likeness (QED) is 0.581. The van der Waals surface area contributed by atoms with Crippen LogP contribution in [0.15, 0.2) is 11.6 Å². The number of fused-ring (bicyclic) bond motifs is 1. The molecule has 0 bridgehead atoms. The number of hydrogen-bond donors (Lipinski definition) is 1. The maximum Gasteiger partial charge on any atom is 0.339 e. The molecule has 8 heteroatoms. The van der Waals surface area contributed by atoms with Crippen LogP contribution < -0.4 is 0 Å². The number of carboxylic acid groups (broad SMARTS) is 1. The number of nitriles is 1. The summed E-state index contributed by atoms with van der Waals surface area (Å²) >= 11 is 1.55. The second kappa shape index (κ2) is 8.69. The van der Waals surface area contributed by atoms with E-state index < -0.39 is 5.97 Å². The maximum atomic E-state index is 12.8. The molecule has 0 unspecified atom stereocenters. The van der Waals surface area contributed by atoms with Gasteiger partial charge in [-0.1, -0.05) is 0 Å². The topological polar surface area (TPSA) is 95.6 Å². The lowest BCUT2D eigenvalue weighted by Crippen LogP contribution is -2.41. The van der Waals surface area contributed by atoms with Crippen LogP contribution in [0.5, 0.6) is 0 Å². The zero-order valence-corrected chi connectivity index (χ0v) is 18.5. The molecule has 7 nitrogen and oxygen atoms in total. The highest BCUT2D eigenvalue weighted by Crippen LogP contribution is 2.39. The summed E-state index contributed by atoms with van der Waals surface area (Å²) < 4.78 is 7.24. The van der Waals surface area contributed by atoms with E-state index in [1.807, 2.05) is 30.6 Å². The van der Waals surface area contributed by atoms with Crippen molar-refractivity contribution >= 4 is 29.3 Å². The Hall–Kier alpha value is -2.89. The molecular formula is C23H25N3O4S. The fraction of sp³-hybridized carbons (Fsp3) is 0.435. The molecular weight excluding hydrogens is 414 g/mol. The predicted molar refractivity (Wildman–Crippen MR) is 118 cm³/mol. The minimum atomic E-state index is -0.904. The van der Waals surface area contributed by atoms with Crippen molar-refractivity contribution in [2.75, 3.05) is 26.3 Å². The fourth-order valence-electron chi connectivity index (χ4n) is 4.41. The van der Waals surface area contributed by atoms with Crippen molar-refractivity contribution in [2.24, 2.45) is 0 Å². The summed E-state index contributed by atoms with van der Waals surface area (Å²) in [5.74, 6) is -1.20. The van der Waals surface area contributed by atoms with Crippen LogP contribution in [0.25, 0.3) is 11.1 Å². The Morgan fingerprint density at radius 3 is 2.61 bits per heavy atom. The number of aryl methyl sites for hydroxylation is 2. The first kappa shape index (κ1) is 21.3. The van der Waals surface area contributed by atoms with Gasteiger partial charge in [-0.05, 0) is 62.8 Å². The van der Waals surface area contributed by atoms with Crippen molar-refractivity contribution in [1.82, 2.24) is 9.47 Å². The lowest BCUT2D eigenvalue weighted by atomic mass is 9.95. The van der Waals surface area contributed by atoms with Crippen molar-refractivity contribution in [3.8, 4) is 11.1 Å². The first-order chi connectivity index (χ1) is 14.9. The van der Waals surface area contributed by atoms with Crippen LogP contribution in [0.2, 0.25) is 0 Å². The summed E-state index contributed by atoms with van der Waals surface area (Å²) in [6.45, 7) is 5.71. The van der Waals surface area contributed by atoms with E-state index in [4.69, 9.17) is 4.74 Å². The molecule has 162 valence electrons. The maximum absolute atomic E-state index is 12.8. The summed E-state index contributed by atoms with van der Waals surface area (Å²) in [5, 5.41) is 20.3. The average Bonchev–Trinajstić information content (AvgIpc) is 3.28. The molecule has 0 aromatic carbocycles. The highest BCUT2D eigenvalue weighted by atomic mass is 32.1. The van der Waals surface area contributed by atoms with E-state index >= 15 is 0 Å². The number of nitrogens with zero attached hydrogens (tertiary/aromatic N) is 3.